The van der Waals surface area contributed by atoms with Crippen LogP contribution in [0.15, 0.2) is 42.5 Å². The highest BCUT2D eigenvalue weighted by Gasteiger charge is 2.35. The van der Waals surface area contributed by atoms with E-state index in [4.69, 9.17) is 18.9 Å². The first kappa shape index (κ1) is 32.6. The lowest BCUT2D eigenvalue weighted by atomic mass is 9.91. The molecule has 42 heavy (non-hydrogen) atoms. The molecular weight excluding hydrogens is 532 g/mol. The van der Waals surface area contributed by atoms with Crippen molar-refractivity contribution < 1.29 is 28.8 Å². The van der Waals surface area contributed by atoms with Crippen molar-refractivity contribution >= 4 is 0 Å². The minimum absolute atomic E-state index is 0.286. The average molecular weight is 586 g/mol. The number of rotatable bonds is 17. The summed E-state index contributed by atoms with van der Waals surface area (Å²) in [5.74, 6) is 2.43. The number of aliphatic hydroxyl groups is 2. The van der Waals surface area contributed by atoms with Gasteiger partial charge in [0.1, 0.15) is 6.10 Å². The monoisotopic (exact) mass is 585 g/mol. The first-order valence-corrected chi connectivity index (χ1v) is 15.8. The number of aromatic hydroxyl groups is 1. The Kier molecular flexibility index (Phi) is 13.2. The van der Waals surface area contributed by atoms with E-state index in [-0.39, 0.29) is 12.2 Å². The van der Waals surface area contributed by atoms with Crippen LogP contribution in [-0.2, 0) is 22.3 Å². The molecule has 2 aliphatic rings. The minimum atomic E-state index is -0.467. The second-order valence-electron chi connectivity index (χ2n) is 12.0. The van der Waals surface area contributed by atoms with Gasteiger partial charge in [0.2, 0.25) is 6.61 Å². The topological polar surface area (TPSA) is 85.2 Å². The van der Waals surface area contributed by atoms with Crippen molar-refractivity contribution in [2.24, 2.45) is 0 Å². The standard InChI is InChI=1S/C34H52N2O6/c1-25(2)35-22-28(37)24-42-29-12-9-26(10-13-29)16-19-40-30-15-18-36(23-30)31-7-5-6-8-32(31)41-20-17-27-11-14-33(38-3)34(21-27)39-4/h9-14,21,25,28,30-32,35,37H,5-8,15-20,22-24H2,1-4H3/p+1/t28?,30-,31?,32?/m1/s1. The van der Waals surface area contributed by atoms with Crippen LogP contribution in [0.3, 0.4) is 0 Å². The zero-order valence-electron chi connectivity index (χ0n) is 26.1. The van der Waals surface area contributed by atoms with Crippen LogP contribution in [0.5, 0.6) is 17.2 Å². The van der Waals surface area contributed by atoms with E-state index in [0.29, 0.717) is 31.8 Å². The second kappa shape index (κ2) is 17.1. The largest absolute Gasteiger partial charge is 0.581 e. The van der Waals surface area contributed by atoms with E-state index in [9.17, 15) is 5.11 Å². The Morgan fingerprint density at radius 3 is 2.38 bits per heavy atom. The van der Waals surface area contributed by atoms with E-state index in [1.54, 1.807) is 14.2 Å². The molecule has 0 amide bonds. The molecule has 0 spiro atoms. The van der Waals surface area contributed by atoms with Crippen molar-refractivity contribution in [3.05, 3.63) is 53.6 Å². The van der Waals surface area contributed by atoms with Crippen LogP contribution in [0.25, 0.3) is 0 Å². The first-order chi connectivity index (χ1) is 20.4. The van der Waals surface area contributed by atoms with Gasteiger partial charge in [0.25, 0.3) is 5.75 Å². The third-order valence-corrected chi connectivity index (χ3v) is 8.41. The third-order valence-electron chi connectivity index (χ3n) is 8.41. The van der Waals surface area contributed by atoms with E-state index in [2.05, 4.69) is 47.0 Å². The number of methoxy groups -OCH3 is 2. The van der Waals surface area contributed by atoms with Gasteiger partial charge in [-0.15, -0.1) is 0 Å². The Labute approximate surface area is 252 Å². The fraction of sp³-hybridized carbons (Fsp3) is 0.647. The SMILES string of the molecule is COc1ccc(CCOC2CCCCC2N2CC[C@@H](OCCc3ccc([OH+]CC(O)CNC(C)C)cc3)C2)cc1OC. The van der Waals surface area contributed by atoms with Gasteiger partial charge in [-0.3, -0.25) is 4.90 Å². The van der Waals surface area contributed by atoms with Gasteiger partial charge in [0.05, 0.1) is 39.6 Å². The summed E-state index contributed by atoms with van der Waals surface area (Å²) in [4.78, 5) is 2.62. The Morgan fingerprint density at radius 1 is 0.905 bits per heavy atom. The molecular formula is C34H53N2O6+. The van der Waals surface area contributed by atoms with Crippen LogP contribution in [0, 0.1) is 0 Å². The highest BCUT2D eigenvalue weighted by molar-refractivity contribution is 5.42. The lowest BCUT2D eigenvalue weighted by molar-refractivity contribution is -0.0343. The summed E-state index contributed by atoms with van der Waals surface area (Å²) in [5, 5.41) is 13.3. The Bertz CT molecular complexity index is 1050. The number of nitrogens with zero attached hydrogens (tertiary/aromatic N) is 1. The molecule has 4 atom stereocenters. The van der Waals surface area contributed by atoms with Crippen molar-refractivity contribution in [1.82, 2.24) is 10.2 Å². The third kappa shape index (κ3) is 10.1. The molecule has 1 saturated carbocycles. The number of likely N-dealkylation sites (tertiary alicyclic amines) is 1. The summed E-state index contributed by atoms with van der Waals surface area (Å²) < 4.78 is 28.2. The average Bonchev–Trinajstić information content (AvgIpc) is 3.48. The molecule has 1 aliphatic carbocycles. The van der Waals surface area contributed by atoms with E-state index in [1.807, 2.05) is 24.3 Å². The smallest absolute Gasteiger partial charge is 0.254 e. The van der Waals surface area contributed by atoms with E-state index < -0.39 is 6.10 Å². The highest BCUT2D eigenvalue weighted by atomic mass is 16.5. The number of ether oxygens (including phenoxy) is 5. The van der Waals surface area contributed by atoms with Gasteiger partial charge >= 0.3 is 0 Å². The molecule has 1 heterocycles. The first-order valence-electron chi connectivity index (χ1n) is 15.8. The van der Waals surface area contributed by atoms with Crippen molar-refractivity contribution in [2.75, 3.05) is 53.7 Å². The molecule has 2 aromatic carbocycles. The molecule has 1 aliphatic heterocycles. The predicted octanol–water partition coefficient (Wildman–Crippen LogP) is 4.51. The lowest BCUT2D eigenvalue weighted by Gasteiger charge is -2.38. The van der Waals surface area contributed by atoms with Crippen LogP contribution in [0.2, 0.25) is 0 Å². The fourth-order valence-electron chi connectivity index (χ4n) is 6.00. The summed E-state index contributed by atoms with van der Waals surface area (Å²) in [6.45, 7) is 8.63. The van der Waals surface area contributed by atoms with Gasteiger partial charge in [0.15, 0.2) is 11.5 Å². The molecule has 4 rings (SSSR count). The number of aliphatic hydroxyl groups excluding tert-OH is 1. The molecule has 8 nitrogen and oxygen atoms in total. The van der Waals surface area contributed by atoms with Crippen molar-refractivity contribution in [2.45, 2.75) is 89.2 Å². The van der Waals surface area contributed by atoms with E-state index >= 15 is 0 Å². The van der Waals surface area contributed by atoms with Crippen LogP contribution in [0.1, 0.15) is 57.1 Å². The van der Waals surface area contributed by atoms with Crippen LogP contribution in [-0.4, -0.2) is 98.8 Å². The summed E-state index contributed by atoms with van der Waals surface area (Å²) in [5.41, 5.74) is 2.45. The lowest BCUT2D eigenvalue weighted by Crippen LogP contribution is -2.46. The summed E-state index contributed by atoms with van der Waals surface area (Å²) in [7, 11) is 3.34. The van der Waals surface area contributed by atoms with Gasteiger partial charge in [-0.2, -0.15) is 0 Å². The van der Waals surface area contributed by atoms with Crippen molar-refractivity contribution in [3.63, 3.8) is 0 Å². The summed E-state index contributed by atoms with van der Waals surface area (Å²) in [6, 6.07) is 15.2. The molecule has 0 bridgehead atoms. The van der Waals surface area contributed by atoms with E-state index in [1.165, 1.54) is 30.4 Å². The normalized spacial score (nSPS) is 21.9. The van der Waals surface area contributed by atoms with Gasteiger partial charge < -0.3 is 34.1 Å². The molecule has 2 fully saturated rings. The van der Waals surface area contributed by atoms with Crippen molar-refractivity contribution in [3.8, 4) is 17.2 Å². The van der Waals surface area contributed by atoms with Crippen LogP contribution < -0.4 is 14.8 Å². The molecule has 3 unspecified atom stereocenters. The summed E-state index contributed by atoms with van der Waals surface area (Å²) >= 11 is 0. The molecule has 234 valence electrons. The predicted molar refractivity (Wildman–Crippen MR) is 167 cm³/mol. The molecule has 2 aromatic rings. The van der Waals surface area contributed by atoms with Gasteiger partial charge in [0, 0.05) is 43.9 Å². The Morgan fingerprint density at radius 2 is 1.62 bits per heavy atom. The molecule has 0 radical (unpaired) electrons. The van der Waals surface area contributed by atoms with Gasteiger partial charge in [-0.05, 0) is 67.5 Å². The van der Waals surface area contributed by atoms with Gasteiger partial charge in [-0.25, -0.2) is 0 Å². The van der Waals surface area contributed by atoms with Crippen LogP contribution in [0.4, 0.5) is 0 Å². The van der Waals surface area contributed by atoms with Crippen LogP contribution >= 0.6 is 0 Å². The molecule has 0 aromatic heterocycles. The number of benzene rings is 2. The van der Waals surface area contributed by atoms with Crippen molar-refractivity contribution in [1.29, 1.82) is 0 Å². The fourth-order valence-corrected chi connectivity index (χ4v) is 6.00. The molecule has 8 heteroatoms. The summed E-state index contributed by atoms with van der Waals surface area (Å²) in [6.07, 6.45) is 7.80. The van der Waals surface area contributed by atoms with E-state index in [0.717, 1.165) is 62.6 Å². The number of hydrogen-bond donors (Lipinski definition) is 2. The Hall–Kier alpha value is -2.36. The maximum absolute atomic E-state index is 10.1. The maximum Gasteiger partial charge on any atom is 0.254 e. The second-order valence-corrected chi connectivity index (χ2v) is 12.0. The molecule has 3 N–H and O–H groups in total. The number of nitrogens with one attached hydrogen (secondary N) is 1. The minimum Gasteiger partial charge on any atom is -0.581 e. The highest BCUT2D eigenvalue weighted by Crippen LogP contribution is 2.30. The zero-order valence-corrected chi connectivity index (χ0v) is 26.1. The quantitative estimate of drug-likeness (QED) is 0.264. The zero-order chi connectivity index (χ0) is 29.7. The Balaban J connectivity index is 1.15. The maximum atomic E-state index is 10.1. The number of hydrogen-bond acceptors (Lipinski definition) is 7. The van der Waals surface area contributed by atoms with Gasteiger partial charge in [-0.1, -0.05) is 32.8 Å². The molecule has 1 saturated heterocycles.